The number of carbonyl (C=O) groups excluding carboxylic acids is 2. The summed E-state index contributed by atoms with van der Waals surface area (Å²) in [5.41, 5.74) is 0.112. The minimum atomic E-state index is -1.08. The van der Waals surface area contributed by atoms with Gasteiger partial charge in [0, 0.05) is 23.3 Å². The van der Waals surface area contributed by atoms with Gasteiger partial charge in [-0.1, -0.05) is 32.4 Å². The molecule has 1 saturated carbocycles. The van der Waals surface area contributed by atoms with E-state index in [1.54, 1.807) is 19.9 Å². The zero-order chi connectivity index (χ0) is 24.6. The molecule has 0 heterocycles. The van der Waals surface area contributed by atoms with E-state index in [4.69, 9.17) is 9.47 Å². The van der Waals surface area contributed by atoms with Crippen LogP contribution in [-0.4, -0.2) is 40.0 Å². The van der Waals surface area contributed by atoms with Crippen LogP contribution in [0.15, 0.2) is 47.6 Å². The molecule has 5 atom stereocenters. The van der Waals surface area contributed by atoms with Crippen LogP contribution in [0.5, 0.6) is 5.75 Å². The molecule has 1 aromatic rings. The highest BCUT2D eigenvalue weighted by molar-refractivity contribution is 5.89. The lowest BCUT2D eigenvalue weighted by molar-refractivity contribution is -0.159. The first-order valence-corrected chi connectivity index (χ1v) is 11.7. The fourth-order valence-corrected chi connectivity index (χ4v) is 5.42. The number of aromatic hydroxyl groups is 1. The van der Waals surface area contributed by atoms with E-state index in [1.165, 1.54) is 24.3 Å². The maximum absolute atomic E-state index is 13.0. The molecule has 1 aromatic carbocycles. The summed E-state index contributed by atoms with van der Waals surface area (Å²) < 4.78 is 12.0. The number of hydrogen-bond donors (Lipinski definition) is 2. The van der Waals surface area contributed by atoms with Crippen molar-refractivity contribution in [2.75, 3.05) is 0 Å². The van der Waals surface area contributed by atoms with Crippen LogP contribution in [0.4, 0.5) is 0 Å². The first-order valence-electron chi connectivity index (χ1n) is 11.7. The minimum Gasteiger partial charge on any atom is -0.508 e. The molecule has 0 radical (unpaired) electrons. The number of aliphatic hydroxyl groups is 1. The predicted octanol–water partition coefficient (Wildman–Crippen LogP) is 4.95. The first-order chi connectivity index (χ1) is 15.4. The van der Waals surface area contributed by atoms with E-state index in [2.05, 4.69) is 0 Å². The molecule has 1 unspecified atom stereocenters. The molecule has 33 heavy (non-hydrogen) atoms. The van der Waals surface area contributed by atoms with Gasteiger partial charge in [0.05, 0.1) is 11.2 Å². The highest BCUT2D eigenvalue weighted by atomic mass is 16.6. The lowest BCUT2D eigenvalue weighted by Crippen LogP contribution is -2.53. The van der Waals surface area contributed by atoms with Crippen molar-refractivity contribution in [3.8, 4) is 5.75 Å². The van der Waals surface area contributed by atoms with Crippen molar-refractivity contribution < 1.29 is 29.3 Å². The Balaban J connectivity index is 2.01. The topological polar surface area (TPSA) is 93.1 Å². The second-order valence-corrected chi connectivity index (χ2v) is 10.1. The molecule has 6 nitrogen and oxygen atoms in total. The monoisotopic (exact) mass is 456 g/mol. The van der Waals surface area contributed by atoms with Crippen molar-refractivity contribution in [2.45, 2.75) is 78.6 Å². The number of fused-ring (bicyclic) bond motifs is 1. The van der Waals surface area contributed by atoms with Crippen molar-refractivity contribution in [1.29, 1.82) is 0 Å². The SMILES string of the molecule is C/C=C(/C)C(=O)O[C@H]1C=C(C)C[C@H](OC(=O)c2ccc(O)cc2)C2[C@](O)(C(C)C)CC[C@@]21C. The highest BCUT2D eigenvalue weighted by Crippen LogP contribution is 2.58. The smallest absolute Gasteiger partial charge is 0.338 e. The van der Waals surface area contributed by atoms with Crippen LogP contribution in [0.25, 0.3) is 0 Å². The Kier molecular flexibility index (Phi) is 7.08. The van der Waals surface area contributed by atoms with E-state index in [0.29, 0.717) is 30.4 Å². The summed E-state index contributed by atoms with van der Waals surface area (Å²) in [6.07, 6.45) is 4.14. The number of allylic oxidation sites excluding steroid dienone is 1. The molecule has 0 spiro atoms. The second-order valence-electron chi connectivity index (χ2n) is 10.1. The van der Waals surface area contributed by atoms with Crippen molar-refractivity contribution in [3.63, 3.8) is 0 Å². The van der Waals surface area contributed by atoms with Gasteiger partial charge in [-0.2, -0.15) is 0 Å². The van der Waals surface area contributed by atoms with Gasteiger partial charge in [-0.25, -0.2) is 9.59 Å². The number of benzene rings is 1. The largest absolute Gasteiger partial charge is 0.508 e. The number of hydrogen-bond acceptors (Lipinski definition) is 6. The molecule has 0 aliphatic heterocycles. The number of carbonyl (C=O) groups is 2. The quantitative estimate of drug-likeness (QED) is 0.370. The normalized spacial score (nSPS) is 32.1. The number of rotatable bonds is 5. The van der Waals surface area contributed by atoms with E-state index >= 15 is 0 Å². The Morgan fingerprint density at radius 1 is 1.15 bits per heavy atom. The van der Waals surface area contributed by atoms with Gasteiger partial charge in [0.15, 0.2) is 0 Å². The fourth-order valence-electron chi connectivity index (χ4n) is 5.42. The lowest BCUT2D eigenvalue weighted by Gasteiger charge is -2.45. The van der Waals surface area contributed by atoms with Gasteiger partial charge in [0.25, 0.3) is 0 Å². The molecule has 0 amide bonds. The van der Waals surface area contributed by atoms with Gasteiger partial charge < -0.3 is 19.7 Å². The minimum absolute atomic E-state index is 0.0680. The third kappa shape index (κ3) is 4.72. The van der Waals surface area contributed by atoms with Crippen molar-refractivity contribution in [2.24, 2.45) is 17.3 Å². The zero-order valence-electron chi connectivity index (χ0n) is 20.4. The van der Waals surface area contributed by atoms with Gasteiger partial charge in [0.2, 0.25) is 0 Å². The van der Waals surface area contributed by atoms with Gasteiger partial charge in [0.1, 0.15) is 18.0 Å². The molecule has 180 valence electrons. The summed E-state index contributed by atoms with van der Waals surface area (Å²) in [6, 6.07) is 5.92. The van der Waals surface area contributed by atoms with E-state index in [9.17, 15) is 19.8 Å². The number of phenolic OH excluding ortho intramolecular Hbond substituents is 1. The summed E-state index contributed by atoms with van der Waals surface area (Å²) >= 11 is 0. The summed E-state index contributed by atoms with van der Waals surface area (Å²) in [6.45, 7) is 11.4. The van der Waals surface area contributed by atoms with Gasteiger partial charge in [-0.3, -0.25) is 0 Å². The molecule has 1 fully saturated rings. The molecular formula is C27H36O6. The van der Waals surface area contributed by atoms with Crippen LogP contribution in [0.3, 0.4) is 0 Å². The summed E-state index contributed by atoms with van der Waals surface area (Å²) in [5, 5.41) is 21.4. The van der Waals surface area contributed by atoms with E-state index < -0.39 is 35.1 Å². The predicted molar refractivity (Wildman–Crippen MR) is 126 cm³/mol. The average molecular weight is 457 g/mol. The van der Waals surface area contributed by atoms with Gasteiger partial charge in [-0.15, -0.1) is 0 Å². The molecule has 0 aromatic heterocycles. The van der Waals surface area contributed by atoms with Crippen LogP contribution in [0.1, 0.15) is 71.2 Å². The fraction of sp³-hybridized carbons (Fsp3) is 0.556. The van der Waals surface area contributed by atoms with Crippen LogP contribution >= 0.6 is 0 Å². The van der Waals surface area contributed by atoms with Gasteiger partial charge in [-0.05, 0) is 69.9 Å². The summed E-state index contributed by atoms with van der Waals surface area (Å²) in [5.74, 6) is -1.33. The standard InChI is InChI=1S/C27H36O6/c1-7-18(5)24(29)33-22-15-17(4)14-21(32-25(30)19-8-10-20(28)11-9-19)23-26(22,6)12-13-27(23,31)16(2)3/h7-11,15-16,21-23,28,31H,12-14H2,1-6H3/b18-7-/t21-,22-,23?,26+,27+/m0/s1. The Hall–Kier alpha value is -2.60. The molecule has 0 saturated heterocycles. The van der Waals surface area contributed by atoms with E-state index in [0.717, 1.165) is 5.57 Å². The Labute approximate surface area is 196 Å². The van der Waals surface area contributed by atoms with Crippen molar-refractivity contribution >= 4 is 11.9 Å². The molecule has 3 rings (SSSR count). The summed E-state index contributed by atoms with van der Waals surface area (Å²) in [7, 11) is 0. The van der Waals surface area contributed by atoms with Crippen LogP contribution in [0.2, 0.25) is 0 Å². The Morgan fingerprint density at radius 2 is 1.79 bits per heavy atom. The first kappa shape index (κ1) is 25.0. The third-order valence-electron chi connectivity index (χ3n) is 7.64. The van der Waals surface area contributed by atoms with Gasteiger partial charge >= 0.3 is 11.9 Å². The molecule has 0 bridgehead atoms. The van der Waals surface area contributed by atoms with Crippen molar-refractivity contribution in [1.82, 2.24) is 0 Å². The lowest BCUT2D eigenvalue weighted by atomic mass is 9.66. The zero-order valence-corrected chi connectivity index (χ0v) is 20.4. The maximum Gasteiger partial charge on any atom is 0.338 e. The Morgan fingerprint density at radius 3 is 2.36 bits per heavy atom. The van der Waals surface area contributed by atoms with Crippen molar-refractivity contribution in [3.05, 3.63) is 53.1 Å². The number of esters is 2. The molecule has 2 N–H and O–H groups in total. The van der Waals surface area contributed by atoms with Crippen LogP contribution < -0.4 is 0 Å². The Bertz CT molecular complexity index is 959. The molecule has 6 heteroatoms. The number of phenols is 1. The van der Waals surface area contributed by atoms with E-state index in [1.807, 2.05) is 33.8 Å². The molecular weight excluding hydrogens is 420 g/mol. The second kappa shape index (κ2) is 9.34. The van der Waals surface area contributed by atoms with E-state index in [-0.39, 0.29) is 17.6 Å². The molecule has 2 aliphatic carbocycles. The van der Waals surface area contributed by atoms with Crippen LogP contribution in [0, 0.1) is 17.3 Å². The number of ether oxygens (including phenoxy) is 2. The maximum atomic E-state index is 13.0. The molecule has 2 aliphatic rings. The average Bonchev–Trinajstić information content (AvgIpc) is 3.00. The summed E-state index contributed by atoms with van der Waals surface area (Å²) in [4.78, 5) is 25.7. The van der Waals surface area contributed by atoms with Crippen LogP contribution in [-0.2, 0) is 14.3 Å². The third-order valence-corrected chi connectivity index (χ3v) is 7.64. The highest BCUT2D eigenvalue weighted by Gasteiger charge is 2.63.